The van der Waals surface area contributed by atoms with Crippen LogP contribution in [0, 0.1) is 11.6 Å². The summed E-state index contributed by atoms with van der Waals surface area (Å²) in [6, 6.07) is 11.7. The number of hydrazine groups is 1. The van der Waals surface area contributed by atoms with Crippen LogP contribution in [0.1, 0.15) is 5.56 Å². The maximum atomic E-state index is 13.4. The van der Waals surface area contributed by atoms with Gasteiger partial charge in [0.25, 0.3) is 5.91 Å². The smallest absolute Gasteiger partial charge is 0.262 e. The van der Waals surface area contributed by atoms with Crippen LogP contribution in [0.15, 0.2) is 54.6 Å². The quantitative estimate of drug-likeness (QED) is 0.459. The molecule has 4 nitrogen and oxygen atoms in total. The molecule has 0 bridgehead atoms. The Kier molecular flexibility index (Phi) is 5.76. The van der Waals surface area contributed by atoms with Crippen LogP contribution in [-0.4, -0.2) is 11.0 Å². The van der Waals surface area contributed by atoms with Crippen LogP contribution in [0.25, 0.3) is 6.08 Å². The van der Waals surface area contributed by atoms with E-state index < -0.39 is 11.7 Å². The molecule has 2 aromatic rings. The molecule has 1 amide bonds. The molecule has 0 saturated heterocycles. The molecule has 0 aromatic heterocycles. The summed E-state index contributed by atoms with van der Waals surface area (Å²) in [6.45, 7) is 0. The SMILES string of the molecule is O=C(/C=C/c1ccc(F)cc1)NNC(=S)Nc1ccccc1F. The van der Waals surface area contributed by atoms with E-state index in [0.717, 1.165) is 0 Å². The van der Waals surface area contributed by atoms with Crippen LogP contribution >= 0.6 is 12.2 Å². The largest absolute Gasteiger partial charge is 0.329 e. The number of nitrogens with one attached hydrogen (secondary N) is 3. The van der Waals surface area contributed by atoms with Crippen molar-refractivity contribution in [3.05, 3.63) is 71.8 Å². The highest BCUT2D eigenvalue weighted by Gasteiger charge is 2.03. The molecule has 0 atom stereocenters. The molecule has 118 valence electrons. The van der Waals surface area contributed by atoms with Gasteiger partial charge in [0.1, 0.15) is 11.6 Å². The highest BCUT2D eigenvalue weighted by Crippen LogP contribution is 2.11. The first kappa shape index (κ1) is 16.6. The van der Waals surface area contributed by atoms with Crippen LogP contribution in [0.4, 0.5) is 14.5 Å². The molecule has 0 heterocycles. The lowest BCUT2D eigenvalue weighted by Crippen LogP contribution is -2.43. The molecule has 0 radical (unpaired) electrons. The van der Waals surface area contributed by atoms with E-state index in [2.05, 4.69) is 16.2 Å². The van der Waals surface area contributed by atoms with Crippen LogP contribution in [0.3, 0.4) is 0 Å². The van der Waals surface area contributed by atoms with Gasteiger partial charge in [-0.05, 0) is 48.1 Å². The van der Waals surface area contributed by atoms with Gasteiger partial charge in [0.05, 0.1) is 5.69 Å². The normalized spacial score (nSPS) is 10.3. The van der Waals surface area contributed by atoms with Crippen molar-refractivity contribution in [1.82, 2.24) is 10.9 Å². The van der Waals surface area contributed by atoms with Crippen molar-refractivity contribution in [2.45, 2.75) is 0 Å². The predicted molar refractivity (Wildman–Crippen MR) is 89.3 cm³/mol. The standard InChI is InChI=1S/C16H13F2N3OS/c17-12-8-5-11(6-9-12)7-10-15(22)20-21-16(23)19-14-4-2-1-3-13(14)18/h1-10H,(H,20,22)(H2,19,21,23)/b10-7+. The molecule has 0 fully saturated rings. The maximum absolute atomic E-state index is 13.4. The Bertz CT molecular complexity index is 732. The topological polar surface area (TPSA) is 53.2 Å². The number of halogens is 2. The first-order valence-corrected chi connectivity index (χ1v) is 7.00. The van der Waals surface area contributed by atoms with E-state index >= 15 is 0 Å². The van der Waals surface area contributed by atoms with Gasteiger partial charge in [-0.25, -0.2) is 8.78 Å². The Balaban J connectivity index is 1.81. The average molecular weight is 333 g/mol. The van der Waals surface area contributed by atoms with Gasteiger partial charge in [0, 0.05) is 6.08 Å². The number of amides is 1. The summed E-state index contributed by atoms with van der Waals surface area (Å²) in [5, 5.41) is 2.65. The number of carbonyl (C=O) groups is 1. The van der Waals surface area contributed by atoms with E-state index in [1.54, 1.807) is 12.1 Å². The van der Waals surface area contributed by atoms with Crippen molar-refractivity contribution in [3.63, 3.8) is 0 Å². The molecule has 0 aliphatic heterocycles. The third kappa shape index (κ3) is 5.48. The molecular weight excluding hydrogens is 320 g/mol. The Morgan fingerprint density at radius 3 is 2.39 bits per heavy atom. The fourth-order valence-corrected chi connectivity index (χ4v) is 1.78. The Morgan fingerprint density at radius 1 is 1.00 bits per heavy atom. The molecule has 0 aliphatic rings. The van der Waals surface area contributed by atoms with Crippen molar-refractivity contribution in [2.24, 2.45) is 0 Å². The number of benzene rings is 2. The molecular formula is C16H13F2N3OS. The summed E-state index contributed by atoms with van der Waals surface area (Å²) in [6.07, 6.45) is 2.77. The molecule has 2 rings (SSSR count). The summed E-state index contributed by atoms with van der Waals surface area (Å²) in [7, 11) is 0. The lowest BCUT2D eigenvalue weighted by atomic mass is 10.2. The summed E-state index contributed by atoms with van der Waals surface area (Å²) < 4.78 is 26.2. The molecule has 23 heavy (non-hydrogen) atoms. The zero-order valence-corrected chi connectivity index (χ0v) is 12.7. The first-order chi connectivity index (χ1) is 11.0. The first-order valence-electron chi connectivity index (χ1n) is 6.60. The minimum absolute atomic E-state index is 0.0404. The third-order valence-corrected chi connectivity index (χ3v) is 2.92. The van der Waals surface area contributed by atoms with Gasteiger partial charge in [0.15, 0.2) is 5.11 Å². The molecule has 2 aromatic carbocycles. The van der Waals surface area contributed by atoms with Gasteiger partial charge >= 0.3 is 0 Å². The van der Waals surface area contributed by atoms with Crippen molar-refractivity contribution >= 4 is 35.0 Å². The second-order valence-electron chi connectivity index (χ2n) is 4.43. The monoisotopic (exact) mass is 333 g/mol. The van der Waals surface area contributed by atoms with E-state index in [9.17, 15) is 13.6 Å². The second kappa shape index (κ2) is 8.00. The van der Waals surface area contributed by atoms with Gasteiger partial charge < -0.3 is 5.32 Å². The summed E-state index contributed by atoms with van der Waals surface area (Å²) in [4.78, 5) is 11.6. The van der Waals surface area contributed by atoms with Crippen molar-refractivity contribution in [1.29, 1.82) is 0 Å². The fraction of sp³-hybridized carbons (Fsp3) is 0. The van der Waals surface area contributed by atoms with Crippen LogP contribution in [-0.2, 0) is 4.79 Å². The predicted octanol–water partition coefficient (Wildman–Crippen LogP) is 3.00. The highest BCUT2D eigenvalue weighted by atomic mass is 32.1. The van der Waals surface area contributed by atoms with Gasteiger partial charge in [-0.1, -0.05) is 24.3 Å². The number of carbonyl (C=O) groups excluding carboxylic acids is 1. The van der Waals surface area contributed by atoms with Gasteiger partial charge in [0.2, 0.25) is 0 Å². The molecule has 3 N–H and O–H groups in total. The molecule has 0 spiro atoms. The number of rotatable bonds is 3. The fourth-order valence-electron chi connectivity index (χ4n) is 1.62. The number of hydrogen-bond acceptors (Lipinski definition) is 2. The molecule has 0 aliphatic carbocycles. The minimum Gasteiger partial charge on any atom is -0.329 e. The molecule has 0 unspecified atom stereocenters. The summed E-state index contributed by atoms with van der Waals surface area (Å²) >= 11 is 4.94. The van der Waals surface area contributed by atoms with E-state index in [4.69, 9.17) is 12.2 Å². The minimum atomic E-state index is -0.466. The highest BCUT2D eigenvalue weighted by molar-refractivity contribution is 7.80. The lowest BCUT2D eigenvalue weighted by molar-refractivity contribution is -0.116. The van der Waals surface area contributed by atoms with Crippen molar-refractivity contribution in [3.8, 4) is 0 Å². The molecule has 7 heteroatoms. The second-order valence-corrected chi connectivity index (χ2v) is 4.84. The van der Waals surface area contributed by atoms with E-state index in [1.807, 2.05) is 0 Å². The van der Waals surface area contributed by atoms with E-state index in [1.165, 1.54) is 48.6 Å². The van der Waals surface area contributed by atoms with Gasteiger partial charge in [-0.3, -0.25) is 15.6 Å². The average Bonchev–Trinajstić information content (AvgIpc) is 2.54. The number of para-hydroxylation sites is 1. The van der Waals surface area contributed by atoms with Gasteiger partial charge in [-0.2, -0.15) is 0 Å². The van der Waals surface area contributed by atoms with Crippen LogP contribution < -0.4 is 16.2 Å². The Labute approximate surface area is 137 Å². The van der Waals surface area contributed by atoms with Crippen LogP contribution in [0.2, 0.25) is 0 Å². The zero-order valence-electron chi connectivity index (χ0n) is 11.8. The Morgan fingerprint density at radius 2 is 1.70 bits per heavy atom. The van der Waals surface area contributed by atoms with Crippen LogP contribution in [0.5, 0.6) is 0 Å². The third-order valence-electron chi connectivity index (χ3n) is 2.72. The number of thiocarbonyl (C=S) groups is 1. The Hall–Kier alpha value is -2.80. The number of anilines is 1. The maximum Gasteiger partial charge on any atom is 0.262 e. The van der Waals surface area contributed by atoms with Crippen molar-refractivity contribution < 1.29 is 13.6 Å². The summed E-state index contributed by atoms with van der Waals surface area (Å²) in [5.41, 5.74) is 5.64. The number of hydrogen-bond donors (Lipinski definition) is 3. The van der Waals surface area contributed by atoms with E-state index in [-0.39, 0.29) is 16.6 Å². The van der Waals surface area contributed by atoms with Gasteiger partial charge in [-0.15, -0.1) is 0 Å². The summed E-state index contributed by atoms with van der Waals surface area (Å²) in [5.74, 6) is -1.27. The lowest BCUT2D eigenvalue weighted by Gasteiger charge is -2.10. The zero-order chi connectivity index (χ0) is 16.7. The van der Waals surface area contributed by atoms with E-state index in [0.29, 0.717) is 5.56 Å². The molecule has 0 saturated carbocycles. The van der Waals surface area contributed by atoms with Crippen molar-refractivity contribution in [2.75, 3.05) is 5.32 Å².